The van der Waals surface area contributed by atoms with Crippen LogP contribution in [0, 0.1) is 0 Å². The molecule has 3 nitrogen and oxygen atoms in total. The van der Waals surface area contributed by atoms with E-state index >= 15 is 0 Å². The zero-order valence-electron chi connectivity index (χ0n) is 15.6. The van der Waals surface area contributed by atoms with Gasteiger partial charge in [0.2, 0.25) is 0 Å². The monoisotopic (exact) mass is 336 g/mol. The normalized spacial score (nSPS) is 10.6. The first-order valence-electron chi connectivity index (χ1n) is 8.77. The number of allylic oxidation sites excluding steroid dienone is 1. The molecule has 1 aromatic carbocycles. The number of benzene rings is 1. The van der Waals surface area contributed by atoms with Gasteiger partial charge in [-0.3, -0.25) is 4.98 Å². The van der Waals surface area contributed by atoms with E-state index in [-0.39, 0.29) is 5.92 Å². The molecule has 0 fully saturated rings. The maximum atomic E-state index is 5.42. The highest BCUT2D eigenvalue weighted by molar-refractivity contribution is 5.58. The zero-order chi connectivity index (χ0) is 18.5. The van der Waals surface area contributed by atoms with E-state index in [1.165, 1.54) is 6.39 Å². The van der Waals surface area contributed by atoms with Gasteiger partial charge in [-0.05, 0) is 25.0 Å². The summed E-state index contributed by atoms with van der Waals surface area (Å²) in [5, 5.41) is 0. The first kappa shape index (κ1) is 20.4. The molecular weight excluding hydrogens is 308 g/mol. The summed E-state index contributed by atoms with van der Waals surface area (Å²) in [6, 6.07) is 14.4. The third-order valence-electron chi connectivity index (χ3n) is 3.46. The summed E-state index contributed by atoms with van der Waals surface area (Å²) in [6.45, 7) is 11.4. The van der Waals surface area contributed by atoms with Crippen molar-refractivity contribution in [3.8, 4) is 11.3 Å². The summed E-state index contributed by atoms with van der Waals surface area (Å²) < 4.78 is 5.42. The van der Waals surface area contributed by atoms with Crippen LogP contribution in [0.2, 0.25) is 0 Å². The molecule has 3 heteroatoms. The standard InChI is InChI=1S/C17H16N2O.C3H6.C2H6/c1-2-15(17-11-18-12-20-17)14-8-9-16(19-10-14)13-6-4-3-5-7-13;1-3-2;1-2/h3-12,15H,2H2,1H3;3H,1H2,2H3;1-2H3. The maximum Gasteiger partial charge on any atom is 0.180 e. The highest BCUT2D eigenvalue weighted by Crippen LogP contribution is 2.28. The van der Waals surface area contributed by atoms with E-state index in [0.717, 1.165) is 29.0 Å². The summed E-state index contributed by atoms with van der Waals surface area (Å²) in [5.41, 5.74) is 3.28. The predicted octanol–water partition coefficient (Wildman–Crippen LogP) is 6.50. The first-order valence-corrected chi connectivity index (χ1v) is 8.77. The second-order valence-electron chi connectivity index (χ2n) is 5.12. The van der Waals surface area contributed by atoms with E-state index in [1.54, 1.807) is 12.3 Å². The Balaban J connectivity index is 0.000000567. The Hall–Kier alpha value is -2.68. The number of oxazole rings is 1. The Labute approximate surface area is 151 Å². The van der Waals surface area contributed by atoms with Crippen LogP contribution >= 0.6 is 0 Å². The summed E-state index contributed by atoms with van der Waals surface area (Å²) in [7, 11) is 0. The third kappa shape index (κ3) is 6.03. The molecule has 0 aliphatic carbocycles. The lowest BCUT2D eigenvalue weighted by atomic mass is 9.95. The Bertz CT molecular complexity index is 689. The molecule has 1 atom stereocenters. The average molecular weight is 336 g/mol. The molecule has 0 spiro atoms. The third-order valence-corrected chi connectivity index (χ3v) is 3.46. The number of aromatic nitrogens is 2. The van der Waals surface area contributed by atoms with Crippen molar-refractivity contribution in [1.82, 2.24) is 9.97 Å². The smallest absolute Gasteiger partial charge is 0.180 e. The maximum absolute atomic E-state index is 5.42. The van der Waals surface area contributed by atoms with Crippen LogP contribution in [-0.4, -0.2) is 9.97 Å². The van der Waals surface area contributed by atoms with Crippen molar-refractivity contribution in [2.75, 3.05) is 0 Å². The lowest BCUT2D eigenvalue weighted by Crippen LogP contribution is -1.99. The molecule has 25 heavy (non-hydrogen) atoms. The Kier molecular flexibility index (Phi) is 9.61. The fourth-order valence-corrected chi connectivity index (χ4v) is 2.39. The number of nitrogens with zero attached hydrogens (tertiary/aromatic N) is 2. The Morgan fingerprint density at radius 3 is 2.24 bits per heavy atom. The fraction of sp³-hybridized carbons (Fsp3) is 0.273. The van der Waals surface area contributed by atoms with Crippen LogP contribution in [0.15, 0.2) is 78.3 Å². The first-order chi connectivity index (χ1) is 12.3. The molecule has 3 aromatic rings. The van der Waals surface area contributed by atoms with Gasteiger partial charge in [-0.2, -0.15) is 0 Å². The predicted molar refractivity (Wildman–Crippen MR) is 106 cm³/mol. The van der Waals surface area contributed by atoms with Crippen LogP contribution in [-0.2, 0) is 0 Å². The van der Waals surface area contributed by atoms with Gasteiger partial charge in [-0.1, -0.05) is 63.2 Å². The van der Waals surface area contributed by atoms with Crippen LogP contribution in [0.4, 0.5) is 0 Å². The quantitative estimate of drug-likeness (QED) is 0.511. The van der Waals surface area contributed by atoms with Crippen LogP contribution < -0.4 is 0 Å². The van der Waals surface area contributed by atoms with Gasteiger partial charge in [0.25, 0.3) is 0 Å². The second kappa shape index (κ2) is 11.8. The molecule has 1 unspecified atom stereocenters. The van der Waals surface area contributed by atoms with Gasteiger partial charge in [0.15, 0.2) is 6.39 Å². The van der Waals surface area contributed by atoms with E-state index < -0.39 is 0 Å². The molecule has 0 aliphatic rings. The molecule has 0 bridgehead atoms. The van der Waals surface area contributed by atoms with Gasteiger partial charge in [0.05, 0.1) is 11.9 Å². The molecule has 2 heterocycles. The molecule has 0 amide bonds. The van der Waals surface area contributed by atoms with E-state index in [2.05, 4.69) is 47.7 Å². The highest BCUT2D eigenvalue weighted by atomic mass is 16.3. The van der Waals surface area contributed by atoms with Gasteiger partial charge in [-0.15, -0.1) is 6.58 Å². The van der Waals surface area contributed by atoms with Crippen molar-refractivity contribution in [3.63, 3.8) is 0 Å². The van der Waals surface area contributed by atoms with Crippen molar-refractivity contribution in [1.29, 1.82) is 0 Å². The van der Waals surface area contributed by atoms with Crippen LogP contribution in [0.1, 0.15) is 51.4 Å². The molecule has 3 rings (SSSR count). The summed E-state index contributed by atoms with van der Waals surface area (Å²) in [5.74, 6) is 1.11. The average Bonchev–Trinajstić information content (AvgIpc) is 3.20. The zero-order valence-corrected chi connectivity index (χ0v) is 15.6. The molecular formula is C22H28N2O. The van der Waals surface area contributed by atoms with E-state index in [9.17, 15) is 0 Å². The number of hydrogen-bond acceptors (Lipinski definition) is 3. The van der Waals surface area contributed by atoms with Crippen LogP contribution in [0.5, 0.6) is 0 Å². The second-order valence-corrected chi connectivity index (χ2v) is 5.12. The molecule has 0 N–H and O–H groups in total. The van der Waals surface area contributed by atoms with E-state index in [4.69, 9.17) is 4.42 Å². The van der Waals surface area contributed by atoms with Gasteiger partial charge in [-0.25, -0.2) is 4.98 Å². The molecule has 0 saturated carbocycles. The van der Waals surface area contributed by atoms with Crippen molar-refractivity contribution >= 4 is 0 Å². The minimum absolute atomic E-state index is 0.217. The number of pyridine rings is 1. The topological polar surface area (TPSA) is 38.9 Å². The van der Waals surface area contributed by atoms with Crippen molar-refractivity contribution in [2.24, 2.45) is 0 Å². The molecule has 0 aliphatic heterocycles. The van der Waals surface area contributed by atoms with Crippen molar-refractivity contribution in [2.45, 2.75) is 40.0 Å². The van der Waals surface area contributed by atoms with Crippen molar-refractivity contribution in [3.05, 3.63) is 85.2 Å². The lowest BCUT2D eigenvalue weighted by molar-refractivity contribution is 0.476. The van der Waals surface area contributed by atoms with Gasteiger partial charge >= 0.3 is 0 Å². The van der Waals surface area contributed by atoms with Gasteiger partial charge < -0.3 is 4.42 Å². The number of rotatable bonds is 4. The number of hydrogen-bond donors (Lipinski definition) is 0. The molecule has 0 radical (unpaired) electrons. The van der Waals surface area contributed by atoms with E-state index in [1.807, 2.05) is 45.2 Å². The summed E-state index contributed by atoms with van der Waals surface area (Å²) >= 11 is 0. The summed E-state index contributed by atoms with van der Waals surface area (Å²) in [4.78, 5) is 8.56. The Morgan fingerprint density at radius 1 is 1.08 bits per heavy atom. The van der Waals surface area contributed by atoms with Crippen LogP contribution in [0.25, 0.3) is 11.3 Å². The SMILES string of the molecule is C=CC.CC.CCC(c1ccc(-c2ccccc2)nc1)c1cnco1. The van der Waals surface area contributed by atoms with Gasteiger partial charge in [0, 0.05) is 17.7 Å². The summed E-state index contributed by atoms with van der Waals surface area (Å²) in [6.07, 6.45) is 7.89. The molecule has 2 aromatic heterocycles. The fourth-order valence-electron chi connectivity index (χ4n) is 2.39. The highest BCUT2D eigenvalue weighted by Gasteiger charge is 2.15. The Morgan fingerprint density at radius 2 is 1.76 bits per heavy atom. The lowest BCUT2D eigenvalue weighted by Gasteiger charge is -2.12. The van der Waals surface area contributed by atoms with Gasteiger partial charge in [0.1, 0.15) is 5.76 Å². The van der Waals surface area contributed by atoms with E-state index in [0.29, 0.717) is 0 Å². The molecule has 0 saturated heterocycles. The minimum atomic E-state index is 0.217. The molecule has 132 valence electrons. The van der Waals surface area contributed by atoms with Crippen LogP contribution in [0.3, 0.4) is 0 Å². The largest absolute Gasteiger partial charge is 0.448 e. The minimum Gasteiger partial charge on any atom is -0.448 e. The van der Waals surface area contributed by atoms with Crippen molar-refractivity contribution < 1.29 is 4.42 Å².